The molecule has 7 nitrogen and oxygen atoms in total. The number of aromatic nitrogens is 1. The monoisotopic (exact) mass is 466 g/mol. The molecular weight excluding hydrogens is 436 g/mol. The van der Waals surface area contributed by atoms with Gasteiger partial charge < -0.3 is 10.6 Å². The van der Waals surface area contributed by atoms with Crippen LogP contribution >= 0.6 is 0 Å². The lowest BCUT2D eigenvalue weighted by molar-refractivity contribution is -0.120. The lowest BCUT2D eigenvalue weighted by Gasteiger charge is -2.20. The maximum Gasteiger partial charge on any atom is 0.235 e. The highest BCUT2D eigenvalue weighted by Gasteiger charge is 2.17. The minimum absolute atomic E-state index is 0.143. The summed E-state index contributed by atoms with van der Waals surface area (Å²) in [6.45, 7) is 2.30. The predicted octanol–water partition coefficient (Wildman–Crippen LogP) is 3.04. The average Bonchev–Trinajstić information content (AvgIpc) is 2.80. The standard InChI is InChI=1S/C25H30N4O3S/c1-20-7-9-22(10-8-20)19-33(31,32)28-18-25(30)29-24(17-21-5-3-2-4-6-21)13-16-27-23-11-14-26-15-12-23/h2-12,14-15,24,28H,13,16-19H2,1H3,(H,26,27)(H,29,30)/t24-/m1/s1. The fourth-order valence-corrected chi connectivity index (χ4v) is 4.48. The number of pyridine rings is 1. The average molecular weight is 467 g/mol. The summed E-state index contributed by atoms with van der Waals surface area (Å²) in [6, 6.07) is 20.8. The summed E-state index contributed by atoms with van der Waals surface area (Å²) in [6.07, 6.45) is 4.77. The van der Waals surface area contributed by atoms with Crippen LogP contribution in [0.25, 0.3) is 0 Å². The number of carbonyl (C=O) groups excluding carboxylic acids is 1. The Morgan fingerprint density at radius 1 is 0.939 bits per heavy atom. The molecule has 0 spiro atoms. The Morgan fingerprint density at radius 2 is 1.64 bits per heavy atom. The molecular formula is C25H30N4O3S. The van der Waals surface area contributed by atoms with Crippen molar-refractivity contribution in [2.24, 2.45) is 0 Å². The highest BCUT2D eigenvalue weighted by atomic mass is 32.2. The summed E-state index contributed by atoms with van der Waals surface area (Å²) in [7, 11) is -3.62. The van der Waals surface area contributed by atoms with Crippen LogP contribution in [0.15, 0.2) is 79.1 Å². The Kier molecular flexibility index (Phi) is 8.97. The lowest BCUT2D eigenvalue weighted by Crippen LogP contribution is -2.43. The number of hydrogen-bond donors (Lipinski definition) is 3. The van der Waals surface area contributed by atoms with Crippen molar-refractivity contribution in [3.63, 3.8) is 0 Å². The van der Waals surface area contributed by atoms with Crippen LogP contribution in [0.3, 0.4) is 0 Å². The van der Waals surface area contributed by atoms with Crippen molar-refractivity contribution in [2.45, 2.75) is 31.6 Å². The highest BCUT2D eigenvalue weighted by Crippen LogP contribution is 2.09. The van der Waals surface area contributed by atoms with Gasteiger partial charge in [-0.3, -0.25) is 9.78 Å². The summed E-state index contributed by atoms with van der Waals surface area (Å²) in [5.74, 6) is -0.517. The Bertz CT molecular complexity index is 1110. The van der Waals surface area contributed by atoms with Gasteiger partial charge in [-0.25, -0.2) is 13.1 Å². The fraction of sp³-hybridized carbons (Fsp3) is 0.280. The van der Waals surface area contributed by atoms with Gasteiger partial charge in [-0.15, -0.1) is 0 Å². The van der Waals surface area contributed by atoms with Crippen LogP contribution in [0.5, 0.6) is 0 Å². The summed E-state index contributed by atoms with van der Waals surface area (Å²) in [5, 5.41) is 6.30. The zero-order chi connectivity index (χ0) is 23.5. The maximum atomic E-state index is 12.6. The van der Waals surface area contributed by atoms with Crippen molar-refractivity contribution in [2.75, 3.05) is 18.4 Å². The Hall–Kier alpha value is -3.23. The van der Waals surface area contributed by atoms with E-state index in [4.69, 9.17) is 0 Å². The summed E-state index contributed by atoms with van der Waals surface area (Å²) in [4.78, 5) is 16.6. The first-order chi connectivity index (χ1) is 15.9. The quantitative estimate of drug-likeness (QED) is 0.381. The fourth-order valence-electron chi connectivity index (χ4n) is 3.39. The largest absolute Gasteiger partial charge is 0.385 e. The number of sulfonamides is 1. The van der Waals surface area contributed by atoms with E-state index in [0.29, 0.717) is 24.9 Å². The van der Waals surface area contributed by atoms with E-state index in [0.717, 1.165) is 16.8 Å². The van der Waals surface area contributed by atoms with Crippen molar-refractivity contribution in [3.05, 3.63) is 95.8 Å². The third-order valence-corrected chi connectivity index (χ3v) is 6.42. The molecule has 174 valence electrons. The summed E-state index contributed by atoms with van der Waals surface area (Å²) >= 11 is 0. The number of hydrogen-bond acceptors (Lipinski definition) is 5. The van der Waals surface area contributed by atoms with Gasteiger partial charge in [0.1, 0.15) is 0 Å². The number of rotatable bonds is 12. The molecule has 0 fully saturated rings. The number of amides is 1. The van der Waals surface area contributed by atoms with Crippen molar-refractivity contribution in [1.29, 1.82) is 0 Å². The normalized spacial score (nSPS) is 12.2. The van der Waals surface area contributed by atoms with Crippen LogP contribution in [0.2, 0.25) is 0 Å². The molecule has 3 rings (SSSR count). The first-order valence-corrected chi connectivity index (χ1v) is 12.5. The van der Waals surface area contributed by atoms with Crippen molar-refractivity contribution in [3.8, 4) is 0 Å². The van der Waals surface area contributed by atoms with Gasteiger partial charge in [0.15, 0.2) is 0 Å². The number of aryl methyl sites for hydroxylation is 1. The van der Waals surface area contributed by atoms with Crippen LogP contribution in [-0.2, 0) is 27.0 Å². The molecule has 0 aliphatic rings. The number of benzene rings is 2. The molecule has 3 aromatic rings. The number of nitrogens with zero attached hydrogens (tertiary/aromatic N) is 1. The van der Waals surface area contributed by atoms with Gasteiger partial charge in [0.25, 0.3) is 0 Å². The van der Waals surface area contributed by atoms with E-state index < -0.39 is 10.0 Å². The van der Waals surface area contributed by atoms with Gasteiger partial charge in [-0.05, 0) is 43.0 Å². The molecule has 1 atom stereocenters. The minimum Gasteiger partial charge on any atom is -0.385 e. The second-order valence-corrected chi connectivity index (χ2v) is 9.78. The van der Waals surface area contributed by atoms with Crippen LogP contribution in [0, 0.1) is 6.92 Å². The summed E-state index contributed by atoms with van der Waals surface area (Å²) in [5.41, 5.74) is 3.80. The predicted molar refractivity (Wildman–Crippen MR) is 131 cm³/mol. The molecule has 2 aromatic carbocycles. The van der Waals surface area contributed by atoms with Crippen LogP contribution in [0.4, 0.5) is 5.69 Å². The Balaban J connectivity index is 1.53. The molecule has 0 saturated heterocycles. The van der Waals surface area contributed by atoms with E-state index in [1.807, 2.05) is 61.5 Å². The molecule has 0 unspecified atom stereocenters. The van der Waals surface area contributed by atoms with Gasteiger partial charge in [0.2, 0.25) is 15.9 Å². The SMILES string of the molecule is Cc1ccc(CS(=O)(=O)NCC(=O)N[C@H](CCNc2ccncc2)Cc2ccccc2)cc1. The molecule has 0 saturated carbocycles. The van der Waals surface area contributed by atoms with E-state index >= 15 is 0 Å². The van der Waals surface area contributed by atoms with Gasteiger partial charge in [0.05, 0.1) is 12.3 Å². The smallest absolute Gasteiger partial charge is 0.235 e. The zero-order valence-electron chi connectivity index (χ0n) is 18.7. The minimum atomic E-state index is -3.62. The first kappa shape index (κ1) is 24.4. The van der Waals surface area contributed by atoms with E-state index in [1.165, 1.54) is 0 Å². The van der Waals surface area contributed by atoms with Gasteiger partial charge in [0, 0.05) is 30.7 Å². The van der Waals surface area contributed by atoms with E-state index in [2.05, 4.69) is 20.3 Å². The zero-order valence-corrected chi connectivity index (χ0v) is 19.5. The molecule has 1 heterocycles. The maximum absolute atomic E-state index is 12.6. The molecule has 33 heavy (non-hydrogen) atoms. The van der Waals surface area contributed by atoms with E-state index in [9.17, 15) is 13.2 Å². The molecule has 8 heteroatoms. The van der Waals surface area contributed by atoms with Crippen molar-refractivity contribution >= 4 is 21.6 Å². The van der Waals surface area contributed by atoms with Crippen LogP contribution < -0.4 is 15.4 Å². The van der Waals surface area contributed by atoms with E-state index in [-0.39, 0.29) is 24.2 Å². The topological polar surface area (TPSA) is 100 Å². The molecule has 0 aliphatic carbocycles. The number of anilines is 1. The third-order valence-electron chi connectivity index (χ3n) is 5.12. The highest BCUT2D eigenvalue weighted by molar-refractivity contribution is 7.88. The van der Waals surface area contributed by atoms with Crippen LogP contribution in [-0.4, -0.2) is 38.4 Å². The van der Waals surface area contributed by atoms with Crippen molar-refractivity contribution in [1.82, 2.24) is 15.0 Å². The second-order valence-electron chi connectivity index (χ2n) is 7.97. The van der Waals surface area contributed by atoms with Crippen LogP contribution in [0.1, 0.15) is 23.1 Å². The second kappa shape index (κ2) is 12.1. The summed E-state index contributed by atoms with van der Waals surface area (Å²) < 4.78 is 27.2. The van der Waals surface area contributed by atoms with Gasteiger partial charge in [-0.2, -0.15) is 0 Å². The molecule has 1 aromatic heterocycles. The molecule has 0 bridgehead atoms. The molecule has 3 N–H and O–H groups in total. The Labute approximate surface area is 195 Å². The molecule has 1 amide bonds. The van der Waals surface area contributed by atoms with Crippen molar-refractivity contribution < 1.29 is 13.2 Å². The third kappa shape index (κ3) is 9.03. The number of carbonyl (C=O) groups is 1. The lowest BCUT2D eigenvalue weighted by atomic mass is 10.0. The molecule has 0 aliphatic heterocycles. The van der Waals surface area contributed by atoms with E-state index in [1.54, 1.807) is 24.5 Å². The number of nitrogens with one attached hydrogen (secondary N) is 3. The Morgan fingerprint density at radius 3 is 2.33 bits per heavy atom. The van der Waals surface area contributed by atoms with Gasteiger partial charge >= 0.3 is 0 Å². The first-order valence-electron chi connectivity index (χ1n) is 10.9. The molecule has 0 radical (unpaired) electrons. The van der Waals surface area contributed by atoms with Gasteiger partial charge in [-0.1, -0.05) is 60.2 Å².